The Balaban J connectivity index is 2.91. The average Bonchev–Trinajstić information content (AvgIpc) is 2.27. The summed E-state index contributed by atoms with van der Waals surface area (Å²) in [7, 11) is -3.66. The summed E-state index contributed by atoms with van der Waals surface area (Å²) in [5.41, 5.74) is -0.686. The van der Waals surface area contributed by atoms with Crippen molar-refractivity contribution in [3.63, 3.8) is 0 Å². The number of carboxylic acid groups (broad SMARTS) is 1. The van der Waals surface area contributed by atoms with Gasteiger partial charge in [-0.25, -0.2) is 13.1 Å². The lowest BCUT2D eigenvalue weighted by molar-refractivity contribution is -0.139. The highest BCUT2D eigenvalue weighted by Crippen LogP contribution is 2.26. The number of halogens is 1. The molecule has 0 aliphatic heterocycles. The minimum atomic E-state index is -3.66. The van der Waals surface area contributed by atoms with E-state index in [1.807, 2.05) is 0 Å². The van der Waals surface area contributed by atoms with Gasteiger partial charge in [0.15, 0.2) is 0 Å². The summed E-state index contributed by atoms with van der Waals surface area (Å²) in [6.07, 6.45) is -0.114. The molecule has 2 N–H and O–H groups in total. The van der Waals surface area contributed by atoms with Gasteiger partial charge in [-0.15, -0.1) is 0 Å². The van der Waals surface area contributed by atoms with Gasteiger partial charge in [-0.2, -0.15) is 0 Å². The van der Waals surface area contributed by atoms with Crippen LogP contribution in [0, 0.1) is 5.41 Å². The first-order valence-corrected chi connectivity index (χ1v) is 8.32. The maximum absolute atomic E-state index is 12.2. The number of sulfonamides is 1. The molecule has 1 atom stereocenters. The fraction of sp³-hybridized carbons (Fsp3) is 0.462. The lowest BCUT2D eigenvalue weighted by Gasteiger charge is -2.30. The first kappa shape index (κ1) is 17.1. The van der Waals surface area contributed by atoms with E-state index in [-0.39, 0.29) is 11.3 Å². The summed E-state index contributed by atoms with van der Waals surface area (Å²) in [6.45, 7) is 5.10. The van der Waals surface area contributed by atoms with Gasteiger partial charge in [0.1, 0.15) is 0 Å². The van der Waals surface area contributed by atoms with Crippen molar-refractivity contribution in [1.29, 1.82) is 0 Å². The molecule has 1 aromatic rings. The number of hydrogen-bond acceptors (Lipinski definition) is 3. The van der Waals surface area contributed by atoms with Gasteiger partial charge >= 0.3 is 5.97 Å². The molecular weight excluding hydrogens is 346 g/mol. The smallest absolute Gasteiger partial charge is 0.303 e. The predicted octanol–water partition coefficient (Wildman–Crippen LogP) is 2.62. The van der Waals surface area contributed by atoms with Crippen LogP contribution in [-0.2, 0) is 14.8 Å². The average molecular weight is 364 g/mol. The monoisotopic (exact) mass is 363 g/mol. The van der Waals surface area contributed by atoms with E-state index < -0.39 is 27.4 Å². The van der Waals surface area contributed by atoms with Crippen LogP contribution in [0.15, 0.2) is 33.6 Å². The van der Waals surface area contributed by atoms with Crippen LogP contribution in [0.5, 0.6) is 0 Å². The Morgan fingerprint density at radius 1 is 1.35 bits per heavy atom. The van der Waals surface area contributed by atoms with Crippen molar-refractivity contribution in [2.75, 3.05) is 0 Å². The molecule has 0 saturated heterocycles. The van der Waals surface area contributed by atoms with Crippen LogP contribution in [0.3, 0.4) is 0 Å². The fourth-order valence-corrected chi connectivity index (χ4v) is 3.30. The van der Waals surface area contributed by atoms with Gasteiger partial charge in [-0.3, -0.25) is 4.79 Å². The maximum atomic E-state index is 12.2. The highest BCUT2D eigenvalue weighted by atomic mass is 79.9. The molecule has 0 aliphatic carbocycles. The van der Waals surface area contributed by atoms with Crippen LogP contribution in [0.2, 0.25) is 0 Å². The maximum Gasteiger partial charge on any atom is 0.303 e. The van der Waals surface area contributed by atoms with Crippen molar-refractivity contribution in [2.45, 2.75) is 38.1 Å². The first-order valence-electron chi connectivity index (χ1n) is 6.04. The molecule has 0 aliphatic rings. The van der Waals surface area contributed by atoms with E-state index in [4.69, 9.17) is 5.11 Å². The first-order chi connectivity index (χ1) is 9.04. The van der Waals surface area contributed by atoms with E-state index in [1.165, 1.54) is 12.1 Å². The number of nitrogens with one attached hydrogen (secondary N) is 1. The van der Waals surface area contributed by atoms with Gasteiger partial charge in [0.2, 0.25) is 10.0 Å². The van der Waals surface area contributed by atoms with Crippen molar-refractivity contribution in [3.05, 3.63) is 28.7 Å². The van der Waals surface area contributed by atoms with E-state index in [1.54, 1.807) is 32.9 Å². The largest absolute Gasteiger partial charge is 0.481 e. The number of rotatable bonds is 6. The number of aliphatic carboxylic acids is 1. The normalized spacial score (nSPS) is 14.0. The zero-order valence-corrected chi connectivity index (χ0v) is 14.0. The number of carbonyl (C=O) groups is 1. The molecule has 0 saturated carbocycles. The molecular formula is C13H18BrNO4S. The molecule has 0 amide bonds. The highest BCUT2D eigenvalue weighted by molar-refractivity contribution is 9.10. The number of carboxylic acids is 1. The van der Waals surface area contributed by atoms with Gasteiger partial charge in [-0.05, 0) is 36.6 Å². The van der Waals surface area contributed by atoms with E-state index in [2.05, 4.69) is 20.7 Å². The number of benzene rings is 1. The molecule has 5 nitrogen and oxygen atoms in total. The molecule has 0 aromatic heterocycles. The lowest BCUT2D eigenvalue weighted by atomic mass is 9.83. The minimum Gasteiger partial charge on any atom is -0.481 e. The lowest BCUT2D eigenvalue weighted by Crippen LogP contribution is -2.43. The molecule has 1 aromatic carbocycles. The molecule has 0 fully saturated rings. The standard InChI is InChI=1S/C13H18BrNO4S/c1-9(13(2,3)8-12(16)17)15-20(18,19)11-6-4-10(14)5-7-11/h4-7,9,15H,8H2,1-3H3,(H,16,17)/t9-/m1/s1. The zero-order valence-electron chi connectivity index (χ0n) is 11.6. The van der Waals surface area contributed by atoms with Crippen LogP contribution in [-0.4, -0.2) is 25.5 Å². The molecule has 112 valence electrons. The van der Waals surface area contributed by atoms with E-state index in [9.17, 15) is 13.2 Å². The summed E-state index contributed by atoms with van der Waals surface area (Å²) in [4.78, 5) is 11.0. The summed E-state index contributed by atoms with van der Waals surface area (Å²) in [5.74, 6) is -0.954. The Kier molecular flexibility index (Phi) is 5.34. The third-order valence-electron chi connectivity index (χ3n) is 3.23. The Labute approximate surface area is 127 Å². The van der Waals surface area contributed by atoms with Crippen molar-refractivity contribution in [2.24, 2.45) is 5.41 Å². The van der Waals surface area contributed by atoms with Crippen molar-refractivity contribution in [1.82, 2.24) is 4.72 Å². The third-order valence-corrected chi connectivity index (χ3v) is 5.32. The Bertz CT molecular complexity index is 581. The molecule has 0 spiro atoms. The summed E-state index contributed by atoms with van der Waals surface area (Å²) in [5, 5.41) is 8.86. The second-order valence-electron chi connectivity index (χ2n) is 5.36. The molecule has 0 radical (unpaired) electrons. The second-order valence-corrected chi connectivity index (χ2v) is 7.99. The molecule has 20 heavy (non-hydrogen) atoms. The third kappa shape index (κ3) is 4.57. The van der Waals surface area contributed by atoms with E-state index in [0.717, 1.165) is 4.47 Å². The summed E-state index contributed by atoms with van der Waals surface area (Å²) in [6, 6.07) is 5.75. The van der Waals surface area contributed by atoms with Gasteiger partial charge in [0, 0.05) is 10.5 Å². The second kappa shape index (κ2) is 6.24. The molecule has 0 unspecified atom stereocenters. The van der Waals surface area contributed by atoms with Crippen LogP contribution in [0.4, 0.5) is 0 Å². The van der Waals surface area contributed by atoms with Gasteiger partial charge in [0.25, 0.3) is 0 Å². The van der Waals surface area contributed by atoms with Crippen molar-refractivity contribution >= 4 is 31.9 Å². The van der Waals surface area contributed by atoms with Gasteiger partial charge in [0.05, 0.1) is 11.3 Å². The topological polar surface area (TPSA) is 83.5 Å². The van der Waals surface area contributed by atoms with Crippen LogP contribution in [0.1, 0.15) is 27.2 Å². The van der Waals surface area contributed by atoms with Gasteiger partial charge < -0.3 is 5.11 Å². The molecule has 7 heteroatoms. The molecule has 0 heterocycles. The Morgan fingerprint density at radius 2 is 1.85 bits per heavy atom. The number of hydrogen-bond donors (Lipinski definition) is 2. The summed E-state index contributed by atoms with van der Waals surface area (Å²) < 4.78 is 27.7. The zero-order chi connectivity index (χ0) is 15.6. The van der Waals surface area contributed by atoms with Crippen molar-refractivity contribution < 1.29 is 18.3 Å². The Morgan fingerprint density at radius 3 is 2.30 bits per heavy atom. The van der Waals surface area contributed by atoms with Crippen LogP contribution in [0.25, 0.3) is 0 Å². The molecule has 0 bridgehead atoms. The summed E-state index contributed by atoms with van der Waals surface area (Å²) >= 11 is 3.24. The van der Waals surface area contributed by atoms with E-state index >= 15 is 0 Å². The van der Waals surface area contributed by atoms with Crippen LogP contribution < -0.4 is 4.72 Å². The minimum absolute atomic E-state index is 0.114. The Hall–Kier alpha value is -0.920. The highest BCUT2D eigenvalue weighted by Gasteiger charge is 2.32. The van der Waals surface area contributed by atoms with E-state index in [0.29, 0.717) is 0 Å². The van der Waals surface area contributed by atoms with Crippen molar-refractivity contribution in [3.8, 4) is 0 Å². The van der Waals surface area contributed by atoms with Crippen LogP contribution >= 0.6 is 15.9 Å². The SMILES string of the molecule is C[C@@H](NS(=O)(=O)c1ccc(Br)cc1)C(C)(C)CC(=O)O. The van der Waals surface area contributed by atoms with Gasteiger partial charge in [-0.1, -0.05) is 29.8 Å². The predicted molar refractivity (Wildman–Crippen MR) is 80.0 cm³/mol. The molecule has 1 rings (SSSR count). The quantitative estimate of drug-likeness (QED) is 0.813. The fourth-order valence-electron chi connectivity index (χ4n) is 1.62.